The fourth-order valence-electron chi connectivity index (χ4n) is 9.78. The second kappa shape index (κ2) is 14.9. The van der Waals surface area contributed by atoms with E-state index >= 15 is 0 Å². The molecule has 0 aliphatic carbocycles. The van der Waals surface area contributed by atoms with Gasteiger partial charge in [-0.2, -0.15) is 0 Å². The van der Waals surface area contributed by atoms with Crippen molar-refractivity contribution in [3.63, 3.8) is 0 Å². The van der Waals surface area contributed by atoms with Crippen molar-refractivity contribution in [1.82, 2.24) is 18.9 Å². The van der Waals surface area contributed by atoms with Gasteiger partial charge in [0.05, 0.1) is 27.6 Å². The highest BCUT2D eigenvalue weighted by molar-refractivity contribution is 6.22. The average molecular weight is 830 g/mol. The van der Waals surface area contributed by atoms with E-state index in [1.807, 2.05) is 0 Å². The van der Waals surface area contributed by atoms with Gasteiger partial charge in [-0.25, -0.2) is 9.97 Å². The van der Waals surface area contributed by atoms with Gasteiger partial charge >= 0.3 is 0 Å². The number of fused-ring (bicyclic) bond motifs is 10. The molecule has 65 heavy (non-hydrogen) atoms. The first kappa shape index (κ1) is 36.8. The standard InChI is InChI=1S/C60H39N5/c1-3-13-40(14-4-1)42-23-31-47(32-24-42)63(48-33-25-43(26-34-48)41-15-5-2-6-16-41)49-35-27-44(28-36-49)46-30-37-55-52(39-46)58-50-18-8-7-17-45(50)29-38-57(58)64(55)60-62-53-20-10-9-19-51(53)59-61-54-21-11-12-22-56(54)65(59)60/h1-39H. The number of para-hydroxylation sites is 3. The molecular formula is C60H39N5. The van der Waals surface area contributed by atoms with Crippen molar-refractivity contribution in [2.24, 2.45) is 0 Å². The molecule has 0 spiro atoms. The molecule has 0 bridgehead atoms. The normalized spacial score (nSPS) is 11.7. The summed E-state index contributed by atoms with van der Waals surface area (Å²) in [5.74, 6) is 0.813. The average Bonchev–Trinajstić information content (AvgIpc) is 3.94. The van der Waals surface area contributed by atoms with Gasteiger partial charge in [0, 0.05) is 33.2 Å². The van der Waals surface area contributed by atoms with Gasteiger partial charge in [-0.15, -0.1) is 0 Å². The zero-order chi connectivity index (χ0) is 42.8. The van der Waals surface area contributed by atoms with Crippen LogP contribution in [0.3, 0.4) is 0 Å². The zero-order valence-corrected chi connectivity index (χ0v) is 35.3. The Balaban J connectivity index is 0.959. The van der Waals surface area contributed by atoms with E-state index < -0.39 is 0 Å². The van der Waals surface area contributed by atoms with Crippen LogP contribution in [0, 0.1) is 0 Å². The van der Waals surface area contributed by atoms with Crippen LogP contribution < -0.4 is 4.90 Å². The SMILES string of the molecule is c1ccc(-c2ccc(N(c3ccc(-c4ccccc4)cc3)c3ccc(-c4ccc5c(c4)c4c6ccccc6ccc4n5-c4nc5ccccc5c5nc6ccccc6n45)cc3)cc2)cc1. The first-order chi connectivity index (χ1) is 32.2. The van der Waals surface area contributed by atoms with E-state index in [0.717, 1.165) is 72.8 Å². The number of benzene rings is 10. The Kier molecular flexibility index (Phi) is 8.46. The second-order valence-corrected chi connectivity index (χ2v) is 16.6. The van der Waals surface area contributed by atoms with E-state index in [0.29, 0.717) is 0 Å². The van der Waals surface area contributed by atoms with Gasteiger partial charge in [0.1, 0.15) is 5.65 Å². The van der Waals surface area contributed by atoms with E-state index in [4.69, 9.17) is 9.97 Å². The van der Waals surface area contributed by atoms with Gasteiger partial charge in [0.2, 0.25) is 5.95 Å². The summed E-state index contributed by atoms with van der Waals surface area (Å²) in [4.78, 5) is 12.9. The van der Waals surface area contributed by atoms with Crippen LogP contribution in [0.15, 0.2) is 237 Å². The summed E-state index contributed by atoms with van der Waals surface area (Å²) in [7, 11) is 0. The molecule has 5 nitrogen and oxygen atoms in total. The Morgan fingerprint density at radius 3 is 1.46 bits per heavy atom. The number of hydrogen-bond acceptors (Lipinski definition) is 3. The molecule has 0 aliphatic heterocycles. The fraction of sp³-hybridized carbons (Fsp3) is 0. The number of rotatable bonds is 7. The predicted octanol–water partition coefficient (Wildman–Crippen LogP) is 15.8. The molecule has 0 unspecified atom stereocenters. The van der Waals surface area contributed by atoms with Crippen LogP contribution in [0.5, 0.6) is 0 Å². The van der Waals surface area contributed by atoms with E-state index in [-0.39, 0.29) is 0 Å². The van der Waals surface area contributed by atoms with E-state index in [2.05, 4.69) is 250 Å². The van der Waals surface area contributed by atoms with Gasteiger partial charge in [0.15, 0.2) is 0 Å². The van der Waals surface area contributed by atoms with Crippen LogP contribution in [-0.2, 0) is 0 Å². The Bertz CT molecular complexity index is 3820. The molecule has 13 aromatic rings. The molecule has 5 heteroatoms. The molecule has 0 radical (unpaired) electrons. The lowest BCUT2D eigenvalue weighted by molar-refractivity contribution is 0.980. The van der Waals surface area contributed by atoms with Crippen molar-refractivity contribution in [1.29, 1.82) is 0 Å². The first-order valence-corrected chi connectivity index (χ1v) is 22.1. The minimum absolute atomic E-state index is 0.813. The van der Waals surface area contributed by atoms with E-state index in [1.54, 1.807) is 0 Å². The molecule has 3 heterocycles. The molecule has 13 rings (SSSR count). The number of aromatic nitrogens is 4. The van der Waals surface area contributed by atoms with E-state index in [1.165, 1.54) is 43.8 Å². The third-order valence-corrected chi connectivity index (χ3v) is 12.9. The highest BCUT2D eigenvalue weighted by atomic mass is 15.2. The molecule has 0 aliphatic rings. The molecule has 0 fully saturated rings. The van der Waals surface area contributed by atoms with E-state index in [9.17, 15) is 0 Å². The third kappa shape index (κ3) is 6.09. The lowest BCUT2D eigenvalue weighted by atomic mass is 9.99. The van der Waals surface area contributed by atoms with Crippen molar-refractivity contribution in [3.05, 3.63) is 237 Å². The van der Waals surface area contributed by atoms with Crippen LogP contribution in [0.4, 0.5) is 17.1 Å². The molecule has 0 saturated heterocycles. The number of hydrogen-bond donors (Lipinski definition) is 0. The van der Waals surface area contributed by atoms with Crippen molar-refractivity contribution in [2.75, 3.05) is 4.90 Å². The highest BCUT2D eigenvalue weighted by Crippen LogP contribution is 2.42. The summed E-state index contributed by atoms with van der Waals surface area (Å²) in [5.41, 5.74) is 16.3. The van der Waals surface area contributed by atoms with Gasteiger partial charge in [-0.05, 0) is 123 Å². The Hall–Kier alpha value is -8.80. The highest BCUT2D eigenvalue weighted by Gasteiger charge is 2.22. The topological polar surface area (TPSA) is 38.4 Å². The summed E-state index contributed by atoms with van der Waals surface area (Å²) in [5, 5.41) is 5.81. The molecule has 0 saturated carbocycles. The van der Waals surface area contributed by atoms with Crippen LogP contribution in [0.25, 0.3) is 99.5 Å². The molecular weight excluding hydrogens is 791 g/mol. The minimum atomic E-state index is 0.813. The number of nitrogens with zero attached hydrogens (tertiary/aromatic N) is 5. The molecule has 10 aromatic carbocycles. The fourth-order valence-corrected chi connectivity index (χ4v) is 9.78. The molecule has 304 valence electrons. The summed E-state index contributed by atoms with van der Waals surface area (Å²) in [6.07, 6.45) is 0. The minimum Gasteiger partial charge on any atom is -0.311 e. The Morgan fingerprint density at radius 2 is 0.815 bits per heavy atom. The maximum atomic E-state index is 5.43. The summed E-state index contributed by atoms with van der Waals surface area (Å²) in [6.45, 7) is 0. The van der Waals surface area contributed by atoms with Gasteiger partial charge in [-0.3, -0.25) is 8.97 Å². The van der Waals surface area contributed by atoms with Crippen molar-refractivity contribution in [3.8, 4) is 39.3 Å². The van der Waals surface area contributed by atoms with Crippen molar-refractivity contribution < 1.29 is 0 Å². The number of anilines is 3. The summed E-state index contributed by atoms with van der Waals surface area (Å²) >= 11 is 0. The molecule has 0 atom stereocenters. The van der Waals surface area contributed by atoms with Crippen LogP contribution in [0.1, 0.15) is 0 Å². The monoisotopic (exact) mass is 829 g/mol. The molecule has 3 aromatic heterocycles. The molecule has 0 amide bonds. The predicted molar refractivity (Wildman–Crippen MR) is 271 cm³/mol. The Morgan fingerprint density at radius 1 is 0.323 bits per heavy atom. The maximum Gasteiger partial charge on any atom is 0.221 e. The van der Waals surface area contributed by atoms with Gasteiger partial charge in [0.25, 0.3) is 0 Å². The zero-order valence-electron chi connectivity index (χ0n) is 35.3. The van der Waals surface area contributed by atoms with Crippen molar-refractivity contribution >= 4 is 77.2 Å². The van der Waals surface area contributed by atoms with Gasteiger partial charge < -0.3 is 4.90 Å². The summed E-state index contributed by atoms with van der Waals surface area (Å²) < 4.78 is 4.57. The Labute approximate surface area is 375 Å². The lowest BCUT2D eigenvalue weighted by Gasteiger charge is -2.26. The van der Waals surface area contributed by atoms with Crippen LogP contribution in [0.2, 0.25) is 0 Å². The van der Waals surface area contributed by atoms with Gasteiger partial charge in [-0.1, -0.05) is 158 Å². The number of imidazole rings is 1. The third-order valence-electron chi connectivity index (χ3n) is 12.9. The van der Waals surface area contributed by atoms with Crippen LogP contribution >= 0.6 is 0 Å². The van der Waals surface area contributed by atoms with Crippen molar-refractivity contribution in [2.45, 2.75) is 0 Å². The second-order valence-electron chi connectivity index (χ2n) is 16.6. The summed E-state index contributed by atoms with van der Waals surface area (Å²) in [6, 6.07) is 84.6. The lowest BCUT2D eigenvalue weighted by Crippen LogP contribution is -2.09. The maximum absolute atomic E-state index is 5.43. The first-order valence-electron chi connectivity index (χ1n) is 22.1. The quantitative estimate of drug-likeness (QED) is 0.161. The largest absolute Gasteiger partial charge is 0.311 e. The smallest absolute Gasteiger partial charge is 0.221 e. The molecule has 0 N–H and O–H groups in total. The van der Waals surface area contributed by atoms with Crippen LogP contribution in [-0.4, -0.2) is 18.9 Å².